The van der Waals surface area contributed by atoms with Gasteiger partial charge in [0.25, 0.3) is 0 Å². The van der Waals surface area contributed by atoms with Crippen molar-refractivity contribution in [3.63, 3.8) is 0 Å². The number of aliphatic hydroxyl groups excluding tert-OH is 1. The molecule has 0 aliphatic heterocycles. The van der Waals surface area contributed by atoms with Gasteiger partial charge in [-0.2, -0.15) is 0 Å². The number of benzene rings is 2. The lowest BCUT2D eigenvalue weighted by molar-refractivity contribution is -0.146. The van der Waals surface area contributed by atoms with Crippen LogP contribution in [0.3, 0.4) is 0 Å². The molecular weight excluding hydrogens is 206 g/mol. The van der Waals surface area contributed by atoms with E-state index in [1.54, 1.807) is 12.1 Å². The maximum Gasteiger partial charge on any atom is 0.337 e. The highest BCUT2D eigenvalue weighted by atomic mass is 16.4. The third kappa shape index (κ3) is 1.59. The van der Waals surface area contributed by atoms with Crippen molar-refractivity contribution in [2.45, 2.75) is 6.10 Å². The first-order valence-corrected chi connectivity index (χ1v) is 4.79. The third-order valence-electron chi connectivity index (χ3n) is 2.53. The second kappa shape index (κ2) is 3.83. The standard InChI is InChI=1S/C12H11NO3/c13-10-8-4-2-1-3-7(8)5-6-9(10)11(14)12(15)16/h1-6,11,14H,13H2,(H,15,16). The van der Waals surface area contributed by atoms with Crippen molar-refractivity contribution in [3.8, 4) is 0 Å². The van der Waals surface area contributed by atoms with Crippen LogP contribution in [-0.4, -0.2) is 16.2 Å². The van der Waals surface area contributed by atoms with Crippen LogP contribution in [0.2, 0.25) is 0 Å². The number of rotatable bonds is 2. The molecule has 2 aromatic rings. The minimum Gasteiger partial charge on any atom is -0.479 e. The van der Waals surface area contributed by atoms with Crippen LogP contribution in [0.15, 0.2) is 36.4 Å². The van der Waals surface area contributed by atoms with Crippen molar-refractivity contribution in [3.05, 3.63) is 42.0 Å². The minimum atomic E-state index is -1.58. The van der Waals surface area contributed by atoms with E-state index in [0.717, 1.165) is 10.8 Å². The summed E-state index contributed by atoms with van der Waals surface area (Å²) in [6.07, 6.45) is -1.58. The van der Waals surface area contributed by atoms with E-state index < -0.39 is 12.1 Å². The summed E-state index contributed by atoms with van der Waals surface area (Å²) in [6, 6.07) is 10.6. The van der Waals surface area contributed by atoms with Gasteiger partial charge in [0.05, 0.1) is 0 Å². The molecule has 0 radical (unpaired) electrons. The molecule has 2 rings (SSSR count). The summed E-state index contributed by atoms with van der Waals surface area (Å²) in [5.41, 5.74) is 6.38. The molecule has 1 atom stereocenters. The van der Waals surface area contributed by atoms with E-state index in [2.05, 4.69) is 0 Å². The monoisotopic (exact) mass is 217 g/mol. The van der Waals surface area contributed by atoms with Crippen LogP contribution in [0.4, 0.5) is 5.69 Å². The van der Waals surface area contributed by atoms with E-state index in [9.17, 15) is 9.90 Å². The fourth-order valence-corrected chi connectivity index (χ4v) is 1.68. The van der Waals surface area contributed by atoms with E-state index in [1.165, 1.54) is 6.07 Å². The summed E-state index contributed by atoms with van der Waals surface area (Å²) in [6.45, 7) is 0. The lowest BCUT2D eigenvalue weighted by Crippen LogP contribution is -2.12. The normalized spacial score (nSPS) is 12.6. The van der Waals surface area contributed by atoms with E-state index in [0.29, 0.717) is 5.69 Å². The van der Waals surface area contributed by atoms with Gasteiger partial charge in [-0.15, -0.1) is 0 Å². The first-order chi connectivity index (χ1) is 7.61. The fourth-order valence-electron chi connectivity index (χ4n) is 1.68. The van der Waals surface area contributed by atoms with Gasteiger partial charge in [-0.05, 0) is 5.39 Å². The molecule has 0 amide bonds. The van der Waals surface area contributed by atoms with Gasteiger partial charge in [-0.3, -0.25) is 0 Å². The number of carboxylic acid groups (broad SMARTS) is 1. The number of carboxylic acids is 1. The number of hydrogen-bond acceptors (Lipinski definition) is 3. The largest absolute Gasteiger partial charge is 0.479 e. The Balaban J connectivity index is 2.65. The first-order valence-electron chi connectivity index (χ1n) is 4.79. The molecule has 0 bridgehead atoms. The topological polar surface area (TPSA) is 83.5 Å². The SMILES string of the molecule is Nc1c(C(O)C(=O)O)ccc2ccccc12. The fraction of sp³-hybridized carbons (Fsp3) is 0.0833. The molecule has 0 aromatic heterocycles. The highest BCUT2D eigenvalue weighted by molar-refractivity contribution is 5.96. The van der Waals surface area contributed by atoms with Gasteiger partial charge in [0.1, 0.15) is 0 Å². The van der Waals surface area contributed by atoms with Crippen LogP contribution in [0.5, 0.6) is 0 Å². The lowest BCUT2D eigenvalue weighted by Gasteiger charge is -2.11. The van der Waals surface area contributed by atoms with Crippen LogP contribution in [0.25, 0.3) is 10.8 Å². The predicted molar refractivity (Wildman–Crippen MR) is 61.0 cm³/mol. The van der Waals surface area contributed by atoms with Gasteiger partial charge < -0.3 is 15.9 Å². The van der Waals surface area contributed by atoms with Gasteiger partial charge in [-0.25, -0.2) is 4.79 Å². The molecule has 82 valence electrons. The highest BCUT2D eigenvalue weighted by Gasteiger charge is 2.19. The summed E-state index contributed by atoms with van der Waals surface area (Å²) in [5, 5.41) is 19.9. The Morgan fingerprint density at radius 2 is 1.88 bits per heavy atom. The molecule has 4 nitrogen and oxygen atoms in total. The van der Waals surface area contributed by atoms with Crippen molar-refractivity contribution < 1.29 is 15.0 Å². The number of aliphatic hydroxyl groups is 1. The number of fused-ring (bicyclic) bond motifs is 1. The zero-order chi connectivity index (χ0) is 11.7. The Bertz CT molecular complexity index is 551. The molecule has 0 heterocycles. The van der Waals surface area contributed by atoms with Crippen molar-refractivity contribution >= 4 is 22.4 Å². The van der Waals surface area contributed by atoms with Crippen molar-refractivity contribution in [2.75, 3.05) is 5.73 Å². The van der Waals surface area contributed by atoms with E-state index in [4.69, 9.17) is 10.8 Å². The molecule has 0 aliphatic rings. The molecule has 0 spiro atoms. The molecule has 0 fully saturated rings. The van der Waals surface area contributed by atoms with Crippen LogP contribution in [0, 0.1) is 0 Å². The summed E-state index contributed by atoms with van der Waals surface area (Å²) >= 11 is 0. The van der Waals surface area contributed by atoms with Crippen LogP contribution >= 0.6 is 0 Å². The molecule has 1 unspecified atom stereocenters. The van der Waals surface area contributed by atoms with Crippen molar-refractivity contribution in [1.29, 1.82) is 0 Å². The van der Waals surface area contributed by atoms with Gasteiger partial charge >= 0.3 is 5.97 Å². The molecule has 16 heavy (non-hydrogen) atoms. The molecular formula is C12H11NO3. The zero-order valence-corrected chi connectivity index (χ0v) is 8.42. The smallest absolute Gasteiger partial charge is 0.337 e. The minimum absolute atomic E-state index is 0.228. The van der Waals surface area contributed by atoms with Gasteiger partial charge in [0.15, 0.2) is 6.10 Å². The highest BCUT2D eigenvalue weighted by Crippen LogP contribution is 2.28. The van der Waals surface area contributed by atoms with Gasteiger partial charge in [0.2, 0.25) is 0 Å². The number of anilines is 1. The van der Waals surface area contributed by atoms with E-state index in [1.807, 2.05) is 18.2 Å². The zero-order valence-electron chi connectivity index (χ0n) is 8.42. The van der Waals surface area contributed by atoms with Crippen LogP contribution in [0.1, 0.15) is 11.7 Å². The number of carbonyl (C=O) groups is 1. The maximum absolute atomic E-state index is 10.7. The summed E-state index contributed by atoms with van der Waals surface area (Å²) < 4.78 is 0. The Kier molecular flexibility index (Phi) is 2.50. The molecule has 4 heteroatoms. The Hall–Kier alpha value is -2.07. The molecule has 2 aromatic carbocycles. The Morgan fingerprint density at radius 1 is 1.19 bits per heavy atom. The average molecular weight is 217 g/mol. The summed E-state index contributed by atoms with van der Waals surface area (Å²) in [5.74, 6) is -1.30. The molecule has 0 saturated carbocycles. The molecule has 4 N–H and O–H groups in total. The molecule has 0 saturated heterocycles. The second-order valence-corrected chi connectivity index (χ2v) is 3.53. The number of nitrogens with two attached hydrogens (primary N) is 1. The van der Waals surface area contributed by atoms with E-state index in [-0.39, 0.29) is 5.56 Å². The van der Waals surface area contributed by atoms with Gasteiger partial charge in [-0.1, -0.05) is 36.4 Å². The van der Waals surface area contributed by atoms with Crippen molar-refractivity contribution in [1.82, 2.24) is 0 Å². The third-order valence-corrected chi connectivity index (χ3v) is 2.53. The summed E-state index contributed by atoms with van der Waals surface area (Å²) in [7, 11) is 0. The Morgan fingerprint density at radius 3 is 2.56 bits per heavy atom. The maximum atomic E-state index is 10.7. The second-order valence-electron chi connectivity index (χ2n) is 3.53. The van der Waals surface area contributed by atoms with Crippen LogP contribution in [-0.2, 0) is 4.79 Å². The van der Waals surface area contributed by atoms with Crippen molar-refractivity contribution in [2.24, 2.45) is 0 Å². The Labute approximate surface area is 91.9 Å². The van der Waals surface area contributed by atoms with Gasteiger partial charge in [0, 0.05) is 16.6 Å². The van der Waals surface area contributed by atoms with Crippen LogP contribution < -0.4 is 5.73 Å². The quantitative estimate of drug-likeness (QED) is 0.666. The average Bonchev–Trinajstić information content (AvgIpc) is 2.29. The predicted octanol–water partition coefficient (Wildman–Crippen LogP) is 1.54. The lowest BCUT2D eigenvalue weighted by atomic mass is 10.0. The number of hydrogen-bond donors (Lipinski definition) is 3. The first kappa shape index (κ1) is 10.4. The van der Waals surface area contributed by atoms with E-state index >= 15 is 0 Å². The molecule has 0 aliphatic carbocycles. The number of nitrogen functional groups attached to an aromatic ring is 1. The summed E-state index contributed by atoms with van der Waals surface area (Å²) in [4.78, 5) is 10.7. The number of aliphatic carboxylic acids is 1.